The quantitative estimate of drug-likeness (QED) is 0.861. The van der Waals surface area contributed by atoms with Crippen molar-refractivity contribution in [3.8, 4) is 22.6 Å². The van der Waals surface area contributed by atoms with Gasteiger partial charge in [0.25, 0.3) is 0 Å². The van der Waals surface area contributed by atoms with Gasteiger partial charge in [-0.05, 0) is 33.6 Å². The summed E-state index contributed by atoms with van der Waals surface area (Å²) in [6.07, 6.45) is 1.59. The number of rotatable bonds is 1. The molecule has 0 amide bonds. The number of nitrogens with zero attached hydrogens (tertiary/aromatic N) is 1. The van der Waals surface area contributed by atoms with Crippen LogP contribution in [-0.4, -0.2) is 18.4 Å². The first-order valence-corrected chi connectivity index (χ1v) is 7.05. The Morgan fingerprint density at radius 1 is 1.25 bits per heavy atom. The Bertz CT molecular complexity index is 652. The number of nitrogens with two attached hydrogens (primary N) is 1. The van der Waals surface area contributed by atoms with Gasteiger partial charge in [0.2, 0.25) is 5.88 Å². The van der Waals surface area contributed by atoms with Gasteiger partial charge in [-0.15, -0.1) is 0 Å². The molecule has 0 radical (unpaired) electrons. The summed E-state index contributed by atoms with van der Waals surface area (Å²) in [7, 11) is 0. The highest BCUT2D eigenvalue weighted by Gasteiger charge is 2.27. The standard InChI is InChI=1S/C14H15BrN2O3/c1-14(2)6-18-11-4-8(9-5-17-20-13(9)16)3-10(15)12(11)19-7-14/h3-5H,6-7,16H2,1-2H3. The molecule has 0 unspecified atom stereocenters. The van der Waals surface area contributed by atoms with Gasteiger partial charge in [0.05, 0.1) is 29.4 Å². The van der Waals surface area contributed by atoms with E-state index in [0.717, 1.165) is 15.6 Å². The summed E-state index contributed by atoms with van der Waals surface area (Å²) in [5.41, 5.74) is 7.33. The number of fused-ring (bicyclic) bond motifs is 1. The van der Waals surface area contributed by atoms with Crippen LogP contribution in [-0.2, 0) is 0 Å². The summed E-state index contributed by atoms with van der Waals surface area (Å²) in [5.74, 6) is 1.70. The van der Waals surface area contributed by atoms with Crippen molar-refractivity contribution in [1.29, 1.82) is 0 Å². The molecule has 5 nitrogen and oxygen atoms in total. The van der Waals surface area contributed by atoms with E-state index in [2.05, 4.69) is 34.9 Å². The Balaban J connectivity index is 2.05. The summed E-state index contributed by atoms with van der Waals surface area (Å²) < 4.78 is 17.5. The molecule has 6 heteroatoms. The number of hydrogen-bond acceptors (Lipinski definition) is 5. The topological polar surface area (TPSA) is 70.5 Å². The van der Waals surface area contributed by atoms with E-state index in [4.69, 9.17) is 19.7 Å². The molecular weight excluding hydrogens is 324 g/mol. The van der Waals surface area contributed by atoms with Crippen LogP contribution < -0.4 is 15.2 Å². The van der Waals surface area contributed by atoms with Crippen LogP contribution in [0.2, 0.25) is 0 Å². The molecule has 1 aromatic heterocycles. The highest BCUT2D eigenvalue weighted by Crippen LogP contribution is 2.43. The SMILES string of the molecule is CC1(C)COc2cc(-c3cnoc3N)cc(Br)c2OC1. The fourth-order valence-corrected chi connectivity index (χ4v) is 2.58. The zero-order chi connectivity index (χ0) is 14.3. The van der Waals surface area contributed by atoms with Gasteiger partial charge >= 0.3 is 0 Å². The fourth-order valence-electron chi connectivity index (χ4n) is 2.02. The maximum absolute atomic E-state index is 5.88. The van der Waals surface area contributed by atoms with Gasteiger partial charge in [0.1, 0.15) is 0 Å². The molecule has 1 aliphatic heterocycles. The highest BCUT2D eigenvalue weighted by molar-refractivity contribution is 9.10. The maximum atomic E-state index is 5.88. The number of ether oxygens (including phenoxy) is 2. The van der Waals surface area contributed by atoms with Gasteiger partial charge < -0.3 is 19.7 Å². The van der Waals surface area contributed by atoms with Crippen molar-refractivity contribution >= 4 is 21.8 Å². The van der Waals surface area contributed by atoms with E-state index >= 15 is 0 Å². The molecule has 3 rings (SSSR count). The van der Waals surface area contributed by atoms with E-state index in [1.807, 2.05) is 12.1 Å². The summed E-state index contributed by atoms with van der Waals surface area (Å²) >= 11 is 3.52. The Morgan fingerprint density at radius 2 is 2.00 bits per heavy atom. The van der Waals surface area contributed by atoms with Crippen molar-refractivity contribution < 1.29 is 14.0 Å². The second-order valence-corrected chi connectivity index (χ2v) is 6.48. The van der Waals surface area contributed by atoms with Crippen molar-refractivity contribution in [1.82, 2.24) is 5.16 Å². The van der Waals surface area contributed by atoms with Crippen LogP contribution in [0, 0.1) is 5.41 Å². The van der Waals surface area contributed by atoms with Gasteiger partial charge in [-0.1, -0.05) is 19.0 Å². The molecule has 106 valence electrons. The van der Waals surface area contributed by atoms with E-state index in [-0.39, 0.29) is 11.3 Å². The number of benzene rings is 1. The second kappa shape index (κ2) is 4.70. The Labute approximate surface area is 125 Å². The van der Waals surface area contributed by atoms with Crippen molar-refractivity contribution in [2.24, 2.45) is 5.41 Å². The molecule has 20 heavy (non-hydrogen) atoms. The molecule has 0 saturated heterocycles. The number of halogens is 1. The Morgan fingerprint density at radius 3 is 2.70 bits per heavy atom. The monoisotopic (exact) mass is 338 g/mol. The first-order chi connectivity index (χ1) is 9.46. The summed E-state index contributed by atoms with van der Waals surface area (Å²) in [5, 5.41) is 3.69. The largest absolute Gasteiger partial charge is 0.489 e. The molecule has 0 aliphatic carbocycles. The van der Waals surface area contributed by atoms with Gasteiger partial charge in [0, 0.05) is 5.41 Å². The molecule has 2 N–H and O–H groups in total. The first-order valence-electron chi connectivity index (χ1n) is 6.26. The van der Waals surface area contributed by atoms with Crippen molar-refractivity contribution in [2.75, 3.05) is 18.9 Å². The number of anilines is 1. The van der Waals surface area contributed by atoms with Crippen LogP contribution in [0.5, 0.6) is 11.5 Å². The van der Waals surface area contributed by atoms with Gasteiger partial charge in [0.15, 0.2) is 11.5 Å². The fraction of sp³-hybridized carbons (Fsp3) is 0.357. The molecule has 0 bridgehead atoms. The molecule has 0 fully saturated rings. The third-order valence-electron chi connectivity index (χ3n) is 3.14. The van der Waals surface area contributed by atoms with Crippen LogP contribution in [0.25, 0.3) is 11.1 Å². The molecule has 1 aromatic carbocycles. The maximum Gasteiger partial charge on any atom is 0.229 e. The van der Waals surface area contributed by atoms with Crippen LogP contribution in [0.4, 0.5) is 5.88 Å². The molecule has 0 saturated carbocycles. The van der Waals surface area contributed by atoms with Crippen molar-refractivity contribution in [2.45, 2.75) is 13.8 Å². The van der Waals surface area contributed by atoms with Gasteiger partial charge in [-0.2, -0.15) is 0 Å². The number of hydrogen-bond donors (Lipinski definition) is 1. The smallest absolute Gasteiger partial charge is 0.229 e. The minimum Gasteiger partial charge on any atom is -0.489 e. The normalized spacial score (nSPS) is 16.8. The van der Waals surface area contributed by atoms with Crippen molar-refractivity contribution in [3.05, 3.63) is 22.8 Å². The Hall–Kier alpha value is -1.69. The average Bonchev–Trinajstić information content (AvgIpc) is 2.74. The minimum absolute atomic E-state index is 0.0329. The zero-order valence-corrected chi connectivity index (χ0v) is 12.9. The van der Waals surface area contributed by atoms with E-state index in [1.54, 1.807) is 6.20 Å². The third-order valence-corrected chi connectivity index (χ3v) is 3.73. The predicted molar refractivity (Wildman–Crippen MR) is 78.8 cm³/mol. The number of aromatic nitrogens is 1. The van der Waals surface area contributed by atoms with Crippen LogP contribution in [0.15, 0.2) is 27.3 Å². The lowest BCUT2D eigenvalue weighted by Gasteiger charge is -2.19. The van der Waals surface area contributed by atoms with Crippen LogP contribution in [0.1, 0.15) is 13.8 Å². The van der Waals surface area contributed by atoms with E-state index in [1.165, 1.54) is 0 Å². The van der Waals surface area contributed by atoms with E-state index in [0.29, 0.717) is 24.7 Å². The minimum atomic E-state index is -0.0329. The second-order valence-electron chi connectivity index (χ2n) is 5.63. The van der Waals surface area contributed by atoms with Gasteiger partial charge in [-0.25, -0.2) is 0 Å². The lowest BCUT2D eigenvalue weighted by atomic mass is 9.97. The highest BCUT2D eigenvalue weighted by atomic mass is 79.9. The van der Waals surface area contributed by atoms with Crippen LogP contribution in [0.3, 0.4) is 0 Å². The summed E-state index contributed by atoms with van der Waals surface area (Å²) in [6.45, 7) is 5.40. The van der Waals surface area contributed by atoms with Gasteiger partial charge in [-0.3, -0.25) is 0 Å². The zero-order valence-electron chi connectivity index (χ0n) is 11.3. The third kappa shape index (κ3) is 2.35. The Kier molecular flexibility index (Phi) is 3.12. The molecule has 1 aliphatic rings. The molecule has 0 spiro atoms. The summed E-state index contributed by atoms with van der Waals surface area (Å²) in [6, 6.07) is 3.81. The summed E-state index contributed by atoms with van der Waals surface area (Å²) in [4.78, 5) is 0. The average molecular weight is 339 g/mol. The lowest BCUT2D eigenvalue weighted by molar-refractivity contribution is 0.140. The van der Waals surface area contributed by atoms with Crippen LogP contribution >= 0.6 is 15.9 Å². The molecule has 0 atom stereocenters. The first kappa shape index (κ1) is 13.3. The molecule has 2 aromatic rings. The molecular formula is C14H15BrN2O3. The predicted octanol–water partition coefficient (Wildman–Crippen LogP) is 3.48. The lowest BCUT2D eigenvalue weighted by Crippen LogP contribution is -2.26. The molecule has 2 heterocycles. The van der Waals surface area contributed by atoms with Crippen molar-refractivity contribution in [3.63, 3.8) is 0 Å². The van der Waals surface area contributed by atoms with E-state index < -0.39 is 0 Å². The number of nitrogen functional groups attached to an aromatic ring is 1. The van der Waals surface area contributed by atoms with E-state index in [9.17, 15) is 0 Å².